The van der Waals surface area contributed by atoms with Gasteiger partial charge in [-0.15, -0.1) is 0 Å². The number of aromatic nitrogens is 2. The molecule has 0 saturated carbocycles. The van der Waals surface area contributed by atoms with E-state index in [2.05, 4.69) is 20.4 Å². The maximum absolute atomic E-state index is 11.8. The first kappa shape index (κ1) is 18.1. The molecule has 22 heavy (non-hydrogen) atoms. The molecule has 124 valence electrons. The minimum atomic E-state index is -0.250. The standard InChI is InChI=1S/C13H22N4O2.CH2O2/c18-8-7-17-5-3-12(4-6-17)16-13(19)2-1-11-9-14-15-10-11;2-1-3/h9-10,12,18H,1-8H2,(H,14,15)(H,16,19);1H,(H,2,3). The van der Waals surface area contributed by atoms with E-state index in [0.29, 0.717) is 6.42 Å². The van der Waals surface area contributed by atoms with Crippen molar-refractivity contribution in [3.8, 4) is 0 Å². The summed E-state index contributed by atoms with van der Waals surface area (Å²) < 4.78 is 0. The van der Waals surface area contributed by atoms with Gasteiger partial charge in [0, 0.05) is 38.3 Å². The number of carbonyl (C=O) groups excluding carboxylic acids is 1. The van der Waals surface area contributed by atoms with Crippen LogP contribution in [0.25, 0.3) is 0 Å². The number of aromatic amines is 1. The molecule has 0 radical (unpaired) electrons. The van der Waals surface area contributed by atoms with Gasteiger partial charge in [0.15, 0.2) is 0 Å². The zero-order chi connectivity index (χ0) is 16.2. The highest BCUT2D eigenvalue weighted by molar-refractivity contribution is 5.76. The molecule has 0 atom stereocenters. The largest absolute Gasteiger partial charge is 0.483 e. The Kier molecular flexibility index (Phi) is 8.85. The molecule has 0 spiro atoms. The van der Waals surface area contributed by atoms with Crippen molar-refractivity contribution in [2.75, 3.05) is 26.2 Å². The topological polar surface area (TPSA) is 119 Å². The fourth-order valence-corrected chi connectivity index (χ4v) is 2.41. The van der Waals surface area contributed by atoms with Crippen LogP contribution in [0, 0.1) is 0 Å². The Labute approximate surface area is 129 Å². The number of β-amino-alcohol motifs (C(OH)–C–C–N with tert-alkyl or cyclic N) is 1. The monoisotopic (exact) mass is 312 g/mol. The number of amides is 1. The number of carbonyl (C=O) groups is 2. The Morgan fingerprint density at radius 1 is 1.50 bits per heavy atom. The maximum atomic E-state index is 11.8. The normalized spacial score (nSPS) is 15.7. The fraction of sp³-hybridized carbons (Fsp3) is 0.643. The number of aryl methyl sites for hydroxylation is 1. The van der Waals surface area contributed by atoms with Gasteiger partial charge in [0.1, 0.15) is 0 Å². The Hall–Kier alpha value is -1.93. The summed E-state index contributed by atoms with van der Waals surface area (Å²) in [5.74, 6) is 0.113. The smallest absolute Gasteiger partial charge is 0.290 e. The van der Waals surface area contributed by atoms with Crippen LogP contribution in [-0.4, -0.2) is 70.0 Å². The number of aliphatic hydroxyl groups excluding tert-OH is 1. The molecule has 8 heteroatoms. The van der Waals surface area contributed by atoms with E-state index < -0.39 is 0 Å². The molecule has 1 saturated heterocycles. The first-order valence-electron chi connectivity index (χ1n) is 7.37. The van der Waals surface area contributed by atoms with Crippen LogP contribution in [0.4, 0.5) is 0 Å². The van der Waals surface area contributed by atoms with Crippen molar-refractivity contribution < 1.29 is 19.8 Å². The summed E-state index contributed by atoms with van der Waals surface area (Å²) in [6.07, 6.45) is 6.75. The third kappa shape index (κ3) is 7.19. The summed E-state index contributed by atoms with van der Waals surface area (Å²) in [5, 5.41) is 25.4. The zero-order valence-electron chi connectivity index (χ0n) is 12.6. The maximum Gasteiger partial charge on any atom is 0.290 e. The molecular weight excluding hydrogens is 288 g/mol. The van der Waals surface area contributed by atoms with Crippen molar-refractivity contribution in [3.05, 3.63) is 18.0 Å². The molecule has 0 bridgehead atoms. The van der Waals surface area contributed by atoms with E-state index >= 15 is 0 Å². The van der Waals surface area contributed by atoms with Crippen molar-refractivity contribution in [2.45, 2.75) is 31.7 Å². The zero-order valence-corrected chi connectivity index (χ0v) is 12.6. The average Bonchev–Trinajstić information content (AvgIpc) is 3.02. The van der Waals surface area contributed by atoms with E-state index in [4.69, 9.17) is 15.0 Å². The van der Waals surface area contributed by atoms with Gasteiger partial charge in [-0.3, -0.25) is 14.7 Å². The third-order valence-corrected chi connectivity index (χ3v) is 3.56. The number of nitrogens with zero attached hydrogens (tertiary/aromatic N) is 2. The highest BCUT2D eigenvalue weighted by atomic mass is 16.3. The van der Waals surface area contributed by atoms with Crippen LogP contribution in [0.5, 0.6) is 0 Å². The van der Waals surface area contributed by atoms with Crippen molar-refractivity contribution in [2.24, 2.45) is 0 Å². The lowest BCUT2D eigenvalue weighted by Gasteiger charge is -2.31. The minimum absolute atomic E-state index is 0.113. The minimum Gasteiger partial charge on any atom is -0.483 e. The predicted molar refractivity (Wildman–Crippen MR) is 80.3 cm³/mol. The fourth-order valence-electron chi connectivity index (χ4n) is 2.41. The molecule has 1 amide bonds. The van der Waals surface area contributed by atoms with Gasteiger partial charge in [0.05, 0.1) is 12.8 Å². The van der Waals surface area contributed by atoms with Gasteiger partial charge < -0.3 is 20.4 Å². The molecule has 1 aromatic heterocycles. The molecule has 1 fully saturated rings. The van der Waals surface area contributed by atoms with Crippen LogP contribution in [0.1, 0.15) is 24.8 Å². The van der Waals surface area contributed by atoms with Crippen molar-refractivity contribution in [3.63, 3.8) is 0 Å². The van der Waals surface area contributed by atoms with Crippen molar-refractivity contribution in [1.29, 1.82) is 0 Å². The number of rotatable bonds is 6. The Bertz CT molecular complexity index is 416. The van der Waals surface area contributed by atoms with Crippen LogP contribution in [0.3, 0.4) is 0 Å². The van der Waals surface area contributed by atoms with Crippen LogP contribution in [-0.2, 0) is 16.0 Å². The van der Waals surface area contributed by atoms with Gasteiger partial charge in [-0.2, -0.15) is 5.10 Å². The number of carboxylic acid groups (broad SMARTS) is 1. The van der Waals surface area contributed by atoms with Gasteiger partial charge in [0.2, 0.25) is 5.91 Å². The van der Waals surface area contributed by atoms with E-state index in [1.54, 1.807) is 6.20 Å². The van der Waals surface area contributed by atoms with Gasteiger partial charge in [-0.05, 0) is 24.8 Å². The predicted octanol–water partition coefficient (Wildman–Crippen LogP) is -0.384. The lowest BCUT2D eigenvalue weighted by molar-refractivity contribution is -0.123. The molecule has 0 aromatic carbocycles. The van der Waals surface area contributed by atoms with Gasteiger partial charge >= 0.3 is 0 Å². The first-order valence-corrected chi connectivity index (χ1v) is 7.37. The van der Waals surface area contributed by atoms with Gasteiger partial charge in [0.25, 0.3) is 6.47 Å². The van der Waals surface area contributed by atoms with E-state index in [0.717, 1.165) is 44.5 Å². The second-order valence-electron chi connectivity index (χ2n) is 5.12. The molecule has 8 nitrogen and oxygen atoms in total. The Morgan fingerprint density at radius 2 is 2.18 bits per heavy atom. The van der Waals surface area contributed by atoms with Crippen LogP contribution < -0.4 is 5.32 Å². The van der Waals surface area contributed by atoms with Crippen molar-refractivity contribution >= 4 is 12.4 Å². The van der Waals surface area contributed by atoms with Crippen molar-refractivity contribution in [1.82, 2.24) is 20.4 Å². The molecule has 2 rings (SSSR count). The van der Waals surface area contributed by atoms with Crippen LogP contribution in [0.15, 0.2) is 12.4 Å². The van der Waals surface area contributed by atoms with E-state index in [1.807, 2.05) is 6.20 Å². The molecule has 1 aliphatic rings. The lowest BCUT2D eigenvalue weighted by Crippen LogP contribution is -2.45. The molecule has 4 N–H and O–H groups in total. The van der Waals surface area contributed by atoms with Crippen LogP contribution in [0.2, 0.25) is 0 Å². The lowest BCUT2D eigenvalue weighted by atomic mass is 10.0. The number of piperidine rings is 1. The third-order valence-electron chi connectivity index (χ3n) is 3.56. The second kappa shape index (κ2) is 10.7. The Morgan fingerprint density at radius 3 is 2.73 bits per heavy atom. The highest BCUT2D eigenvalue weighted by Gasteiger charge is 2.19. The number of likely N-dealkylation sites (tertiary alicyclic amines) is 1. The molecule has 0 aliphatic carbocycles. The second-order valence-corrected chi connectivity index (χ2v) is 5.12. The molecule has 1 aromatic rings. The number of hydrogen-bond donors (Lipinski definition) is 4. The SMILES string of the molecule is O=C(CCc1cn[nH]c1)NC1CCN(CCO)CC1.O=CO. The van der Waals surface area contributed by atoms with E-state index in [9.17, 15) is 4.79 Å². The summed E-state index contributed by atoms with van der Waals surface area (Å²) in [6, 6.07) is 0.284. The molecule has 0 unspecified atom stereocenters. The van der Waals surface area contributed by atoms with Crippen LogP contribution >= 0.6 is 0 Å². The summed E-state index contributed by atoms with van der Waals surface area (Å²) in [7, 11) is 0. The average molecular weight is 312 g/mol. The molecule has 1 aliphatic heterocycles. The summed E-state index contributed by atoms with van der Waals surface area (Å²) in [5.41, 5.74) is 1.06. The number of hydrogen-bond acceptors (Lipinski definition) is 5. The van der Waals surface area contributed by atoms with E-state index in [-0.39, 0.29) is 25.0 Å². The number of nitrogens with one attached hydrogen (secondary N) is 2. The highest BCUT2D eigenvalue weighted by Crippen LogP contribution is 2.10. The summed E-state index contributed by atoms with van der Waals surface area (Å²) >= 11 is 0. The van der Waals surface area contributed by atoms with Gasteiger partial charge in [-0.1, -0.05) is 0 Å². The van der Waals surface area contributed by atoms with E-state index in [1.165, 1.54) is 0 Å². The molecule has 2 heterocycles. The number of aliphatic hydroxyl groups is 1. The quantitative estimate of drug-likeness (QED) is 0.532. The molecular formula is C14H24N4O4. The summed E-state index contributed by atoms with van der Waals surface area (Å²) in [6.45, 7) is 2.60. The van der Waals surface area contributed by atoms with Gasteiger partial charge in [-0.25, -0.2) is 0 Å². The first-order chi connectivity index (χ1) is 10.7. The number of H-pyrrole nitrogens is 1. The summed E-state index contributed by atoms with van der Waals surface area (Å²) in [4.78, 5) is 22.4. The Balaban J connectivity index is 0.000000745.